The minimum atomic E-state index is -1.64. The highest BCUT2D eigenvalue weighted by Gasteiger charge is 2.48. The Balaban J connectivity index is 2.06. The standard InChI is InChI=1S/C17H14N2O2/c1-19-10-13(11-6-2-5-9-15(11)19)17(21)12-7-3-4-8-14(12)18-16(17)20/h2-10,21H,1H3,(H,18,20)/t17-/m0/s1. The summed E-state index contributed by atoms with van der Waals surface area (Å²) < 4.78 is 1.93. The highest BCUT2D eigenvalue weighted by atomic mass is 16.3. The zero-order valence-corrected chi connectivity index (χ0v) is 11.5. The van der Waals surface area contributed by atoms with Gasteiger partial charge in [0.05, 0.1) is 0 Å². The van der Waals surface area contributed by atoms with Crippen LogP contribution in [-0.2, 0) is 17.4 Å². The summed E-state index contributed by atoms with van der Waals surface area (Å²) in [5, 5.41) is 14.8. The van der Waals surface area contributed by atoms with E-state index < -0.39 is 11.5 Å². The Morgan fingerprint density at radius 3 is 2.62 bits per heavy atom. The van der Waals surface area contributed by atoms with Crippen molar-refractivity contribution in [1.29, 1.82) is 0 Å². The molecule has 0 saturated carbocycles. The average Bonchev–Trinajstić information content (AvgIpc) is 2.97. The van der Waals surface area contributed by atoms with Crippen LogP contribution in [0.25, 0.3) is 10.9 Å². The maximum atomic E-state index is 12.4. The topological polar surface area (TPSA) is 54.3 Å². The SMILES string of the molecule is Cn1cc([C@]2(O)C(=O)Nc3ccccc32)c2ccccc21. The number of fused-ring (bicyclic) bond motifs is 2. The summed E-state index contributed by atoms with van der Waals surface area (Å²) in [5.74, 6) is -0.403. The van der Waals surface area contributed by atoms with E-state index in [0.717, 1.165) is 10.9 Å². The number of para-hydroxylation sites is 2. The molecule has 104 valence electrons. The summed E-state index contributed by atoms with van der Waals surface area (Å²) in [4.78, 5) is 12.4. The van der Waals surface area contributed by atoms with Gasteiger partial charge in [0, 0.05) is 41.0 Å². The summed E-state index contributed by atoms with van der Waals surface area (Å²) in [5.41, 5.74) is 1.22. The minimum Gasteiger partial charge on any atom is -0.372 e. The Morgan fingerprint density at radius 2 is 1.76 bits per heavy atom. The smallest absolute Gasteiger partial charge is 0.265 e. The van der Waals surface area contributed by atoms with Crippen molar-refractivity contribution in [2.45, 2.75) is 5.60 Å². The van der Waals surface area contributed by atoms with E-state index >= 15 is 0 Å². The van der Waals surface area contributed by atoms with Gasteiger partial charge in [0.25, 0.3) is 5.91 Å². The quantitative estimate of drug-likeness (QED) is 0.718. The fraction of sp³-hybridized carbons (Fsp3) is 0.118. The van der Waals surface area contributed by atoms with Crippen LogP contribution in [0.2, 0.25) is 0 Å². The zero-order valence-electron chi connectivity index (χ0n) is 11.5. The molecular weight excluding hydrogens is 264 g/mol. The first kappa shape index (κ1) is 12.2. The maximum Gasteiger partial charge on any atom is 0.265 e. The van der Waals surface area contributed by atoms with Gasteiger partial charge in [-0.2, -0.15) is 0 Å². The fourth-order valence-electron chi connectivity index (χ4n) is 3.14. The van der Waals surface area contributed by atoms with E-state index in [1.165, 1.54) is 0 Å². The molecule has 2 heterocycles. The maximum absolute atomic E-state index is 12.4. The van der Waals surface area contributed by atoms with Crippen LogP contribution in [0.3, 0.4) is 0 Å². The molecule has 0 radical (unpaired) electrons. The number of aryl methyl sites for hydroxylation is 1. The predicted octanol–water partition coefficient (Wildman–Crippen LogP) is 2.37. The van der Waals surface area contributed by atoms with Gasteiger partial charge in [0.2, 0.25) is 0 Å². The molecule has 1 amide bonds. The molecule has 2 N–H and O–H groups in total. The monoisotopic (exact) mass is 278 g/mol. The van der Waals surface area contributed by atoms with Crippen molar-refractivity contribution < 1.29 is 9.90 Å². The van der Waals surface area contributed by atoms with Crippen LogP contribution in [0.15, 0.2) is 54.7 Å². The number of carbonyl (C=O) groups excluding carboxylic acids is 1. The van der Waals surface area contributed by atoms with Gasteiger partial charge in [0.1, 0.15) is 0 Å². The number of rotatable bonds is 1. The van der Waals surface area contributed by atoms with Crippen molar-refractivity contribution in [3.05, 3.63) is 65.9 Å². The lowest BCUT2D eigenvalue weighted by Gasteiger charge is -2.20. The van der Waals surface area contributed by atoms with E-state index in [1.54, 1.807) is 12.1 Å². The predicted molar refractivity (Wildman–Crippen MR) is 81.0 cm³/mol. The highest BCUT2D eigenvalue weighted by molar-refractivity contribution is 6.09. The number of carbonyl (C=O) groups is 1. The Bertz CT molecular complexity index is 881. The first-order valence-corrected chi connectivity index (χ1v) is 6.80. The Morgan fingerprint density at radius 1 is 1.05 bits per heavy atom. The van der Waals surface area contributed by atoms with Gasteiger partial charge in [-0.15, -0.1) is 0 Å². The molecule has 1 aliphatic rings. The molecule has 3 aromatic rings. The van der Waals surface area contributed by atoms with Crippen molar-refractivity contribution in [3.8, 4) is 0 Å². The number of hydrogen-bond acceptors (Lipinski definition) is 2. The highest BCUT2D eigenvalue weighted by Crippen LogP contribution is 2.43. The van der Waals surface area contributed by atoms with Crippen LogP contribution < -0.4 is 5.32 Å². The molecular formula is C17H14N2O2. The Kier molecular flexibility index (Phi) is 2.30. The minimum absolute atomic E-state index is 0.403. The number of benzene rings is 2. The van der Waals surface area contributed by atoms with E-state index in [4.69, 9.17) is 0 Å². The van der Waals surface area contributed by atoms with Gasteiger partial charge in [-0.3, -0.25) is 4.79 Å². The Hall–Kier alpha value is -2.59. The zero-order chi connectivity index (χ0) is 14.6. The van der Waals surface area contributed by atoms with Gasteiger partial charge >= 0.3 is 0 Å². The fourth-order valence-corrected chi connectivity index (χ4v) is 3.14. The first-order valence-electron chi connectivity index (χ1n) is 6.80. The number of amides is 1. The van der Waals surface area contributed by atoms with Crippen molar-refractivity contribution in [1.82, 2.24) is 4.57 Å². The number of nitrogens with zero attached hydrogens (tertiary/aromatic N) is 1. The molecule has 4 rings (SSSR count). The van der Waals surface area contributed by atoms with Crippen LogP contribution >= 0.6 is 0 Å². The first-order chi connectivity index (χ1) is 10.1. The summed E-state index contributed by atoms with van der Waals surface area (Å²) in [6.07, 6.45) is 1.83. The molecule has 2 aromatic carbocycles. The molecule has 0 unspecified atom stereocenters. The lowest BCUT2D eigenvalue weighted by molar-refractivity contribution is -0.129. The van der Waals surface area contributed by atoms with Crippen LogP contribution in [0.1, 0.15) is 11.1 Å². The largest absolute Gasteiger partial charge is 0.372 e. The molecule has 0 saturated heterocycles. The van der Waals surface area contributed by atoms with E-state index in [9.17, 15) is 9.90 Å². The second-order valence-electron chi connectivity index (χ2n) is 5.38. The van der Waals surface area contributed by atoms with Gasteiger partial charge in [0.15, 0.2) is 5.60 Å². The number of hydrogen-bond donors (Lipinski definition) is 2. The van der Waals surface area contributed by atoms with Crippen molar-refractivity contribution in [2.24, 2.45) is 7.05 Å². The molecule has 0 fully saturated rings. The number of anilines is 1. The second kappa shape index (κ2) is 3.96. The van der Waals surface area contributed by atoms with Crippen LogP contribution in [0, 0.1) is 0 Å². The van der Waals surface area contributed by atoms with Crippen LogP contribution in [0.5, 0.6) is 0 Å². The summed E-state index contributed by atoms with van der Waals surface area (Å²) in [7, 11) is 1.91. The van der Waals surface area contributed by atoms with Gasteiger partial charge in [-0.1, -0.05) is 36.4 Å². The van der Waals surface area contributed by atoms with Crippen molar-refractivity contribution in [3.63, 3.8) is 0 Å². The number of nitrogens with one attached hydrogen (secondary N) is 1. The van der Waals surface area contributed by atoms with Gasteiger partial charge in [-0.25, -0.2) is 0 Å². The molecule has 0 spiro atoms. The normalized spacial score (nSPS) is 20.6. The summed E-state index contributed by atoms with van der Waals surface area (Å²) in [6, 6.07) is 15.0. The molecule has 1 aliphatic heterocycles. The molecule has 21 heavy (non-hydrogen) atoms. The molecule has 0 bridgehead atoms. The van der Waals surface area contributed by atoms with E-state index in [0.29, 0.717) is 16.8 Å². The van der Waals surface area contributed by atoms with Gasteiger partial charge < -0.3 is 15.0 Å². The lowest BCUT2D eigenvalue weighted by atomic mass is 9.87. The molecule has 4 nitrogen and oxygen atoms in total. The second-order valence-corrected chi connectivity index (χ2v) is 5.38. The molecule has 4 heteroatoms. The molecule has 1 aromatic heterocycles. The third kappa shape index (κ3) is 1.45. The summed E-state index contributed by atoms with van der Waals surface area (Å²) >= 11 is 0. The van der Waals surface area contributed by atoms with Crippen LogP contribution in [0.4, 0.5) is 5.69 Å². The number of aliphatic hydroxyl groups is 1. The number of aromatic nitrogens is 1. The van der Waals surface area contributed by atoms with Gasteiger partial charge in [-0.05, 0) is 12.1 Å². The third-order valence-electron chi connectivity index (χ3n) is 4.18. The van der Waals surface area contributed by atoms with E-state index in [1.807, 2.05) is 54.2 Å². The molecule has 1 atom stereocenters. The molecule has 0 aliphatic carbocycles. The van der Waals surface area contributed by atoms with Crippen molar-refractivity contribution >= 4 is 22.5 Å². The van der Waals surface area contributed by atoms with E-state index in [2.05, 4.69) is 5.32 Å². The van der Waals surface area contributed by atoms with Crippen LogP contribution in [-0.4, -0.2) is 15.6 Å². The Labute approximate surface area is 121 Å². The lowest BCUT2D eigenvalue weighted by Crippen LogP contribution is -2.35. The van der Waals surface area contributed by atoms with E-state index in [-0.39, 0.29) is 0 Å². The average molecular weight is 278 g/mol. The third-order valence-corrected chi connectivity index (χ3v) is 4.18. The summed E-state index contributed by atoms with van der Waals surface area (Å²) in [6.45, 7) is 0. The van der Waals surface area contributed by atoms with Crippen molar-refractivity contribution in [2.75, 3.05) is 5.32 Å².